The molecule has 0 aliphatic rings. The molecule has 0 aliphatic carbocycles. The van der Waals surface area contributed by atoms with E-state index in [1.165, 1.54) is 13.0 Å². The third-order valence-corrected chi connectivity index (χ3v) is 4.53. The van der Waals surface area contributed by atoms with Crippen LogP contribution in [-0.4, -0.2) is 8.42 Å². The minimum atomic E-state index is -4.29. The quantitative estimate of drug-likeness (QED) is 0.873. The summed E-state index contributed by atoms with van der Waals surface area (Å²) in [6, 6.07) is 3.98. The molecule has 1 N–H and O–H groups in total. The minimum absolute atomic E-state index is 0.157. The zero-order valence-electron chi connectivity index (χ0n) is 11.3. The molecule has 8 heteroatoms. The van der Waals surface area contributed by atoms with Crippen molar-refractivity contribution in [3.05, 3.63) is 65.2 Å². The van der Waals surface area contributed by atoms with E-state index in [0.29, 0.717) is 6.07 Å². The molecular weight excluding hydrogens is 322 g/mol. The van der Waals surface area contributed by atoms with Gasteiger partial charge in [0.05, 0.1) is 0 Å². The molecule has 0 fully saturated rings. The maximum atomic E-state index is 13.5. The van der Waals surface area contributed by atoms with Crippen LogP contribution in [0.1, 0.15) is 18.5 Å². The summed E-state index contributed by atoms with van der Waals surface area (Å²) in [7, 11) is -4.29. The fraction of sp³-hybridized carbons (Fsp3) is 0.143. The SMILES string of the molecule is CC(NS(=O)(=O)c1ccc(F)cc1F)c1ccc(F)c(F)c1. The largest absolute Gasteiger partial charge is 0.244 e. The van der Waals surface area contributed by atoms with Gasteiger partial charge in [0, 0.05) is 12.1 Å². The lowest BCUT2D eigenvalue weighted by atomic mass is 10.1. The second-order valence-corrected chi connectivity index (χ2v) is 6.27. The average molecular weight is 333 g/mol. The van der Waals surface area contributed by atoms with Gasteiger partial charge in [-0.15, -0.1) is 0 Å². The molecule has 0 aliphatic heterocycles. The number of benzene rings is 2. The van der Waals surface area contributed by atoms with Crippen LogP contribution in [0, 0.1) is 23.3 Å². The van der Waals surface area contributed by atoms with Crippen molar-refractivity contribution < 1.29 is 26.0 Å². The van der Waals surface area contributed by atoms with Crippen molar-refractivity contribution in [3.8, 4) is 0 Å². The molecule has 118 valence electrons. The van der Waals surface area contributed by atoms with Crippen molar-refractivity contribution in [2.75, 3.05) is 0 Å². The van der Waals surface area contributed by atoms with Gasteiger partial charge >= 0.3 is 0 Å². The van der Waals surface area contributed by atoms with E-state index in [2.05, 4.69) is 4.72 Å². The predicted molar refractivity (Wildman–Crippen MR) is 71.5 cm³/mol. The normalized spacial score (nSPS) is 13.1. The first-order valence-electron chi connectivity index (χ1n) is 6.13. The highest BCUT2D eigenvalue weighted by Crippen LogP contribution is 2.21. The van der Waals surface area contributed by atoms with Crippen LogP contribution in [0.15, 0.2) is 41.3 Å². The lowest BCUT2D eigenvalue weighted by molar-refractivity contribution is 0.504. The second-order valence-electron chi connectivity index (χ2n) is 4.59. The van der Waals surface area contributed by atoms with Crippen LogP contribution in [0.4, 0.5) is 17.6 Å². The van der Waals surface area contributed by atoms with E-state index in [4.69, 9.17) is 0 Å². The highest BCUT2D eigenvalue weighted by atomic mass is 32.2. The van der Waals surface area contributed by atoms with E-state index in [0.717, 1.165) is 24.3 Å². The highest BCUT2D eigenvalue weighted by Gasteiger charge is 2.22. The summed E-state index contributed by atoms with van der Waals surface area (Å²) in [4.78, 5) is -0.733. The van der Waals surface area contributed by atoms with Gasteiger partial charge in [-0.3, -0.25) is 0 Å². The van der Waals surface area contributed by atoms with Gasteiger partial charge in [-0.2, -0.15) is 0 Å². The maximum absolute atomic E-state index is 13.5. The van der Waals surface area contributed by atoms with Gasteiger partial charge in [-0.05, 0) is 36.8 Å². The van der Waals surface area contributed by atoms with E-state index >= 15 is 0 Å². The lowest BCUT2D eigenvalue weighted by Crippen LogP contribution is -2.27. The summed E-state index contributed by atoms with van der Waals surface area (Å²) in [5.41, 5.74) is 0.157. The van der Waals surface area contributed by atoms with Crippen LogP contribution in [0.2, 0.25) is 0 Å². The molecule has 0 saturated heterocycles. The Hall–Kier alpha value is -1.93. The number of hydrogen-bond donors (Lipinski definition) is 1. The summed E-state index contributed by atoms with van der Waals surface area (Å²) in [6.07, 6.45) is 0. The number of nitrogens with one attached hydrogen (secondary N) is 1. The van der Waals surface area contributed by atoms with E-state index in [1.54, 1.807) is 0 Å². The molecule has 3 nitrogen and oxygen atoms in total. The standard InChI is InChI=1S/C14H11F4NO2S/c1-8(9-2-4-11(16)12(17)6-9)19-22(20,21)14-5-3-10(15)7-13(14)18/h2-8,19H,1H3. The molecule has 0 aromatic heterocycles. The fourth-order valence-corrected chi connectivity index (χ4v) is 3.13. The molecule has 1 atom stereocenters. The summed E-state index contributed by atoms with van der Waals surface area (Å²) in [5, 5.41) is 0. The second kappa shape index (κ2) is 6.05. The van der Waals surface area contributed by atoms with Crippen molar-refractivity contribution in [1.82, 2.24) is 4.72 Å². The Morgan fingerprint density at radius 3 is 2.18 bits per heavy atom. The highest BCUT2D eigenvalue weighted by molar-refractivity contribution is 7.89. The Balaban J connectivity index is 2.29. The van der Waals surface area contributed by atoms with Crippen molar-refractivity contribution in [2.45, 2.75) is 17.9 Å². The maximum Gasteiger partial charge on any atom is 0.244 e. The predicted octanol–water partition coefficient (Wildman–Crippen LogP) is 3.28. The van der Waals surface area contributed by atoms with Crippen LogP contribution >= 0.6 is 0 Å². The molecule has 2 rings (SSSR count). The van der Waals surface area contributed by atoms with Gasteiger partial charge in [-0.25, -0.2) is 30.7 Å². The molecule has 0 heterocycles. The number of rotatable bonds is 4. The third-order valence-electron chi connectivity index (χ3n) is 2.96. The molecule has 0 spiro atoms. The van der Waals surface area contributed by atoms with Crippen LogP contribution in [0.3, 0.4) is 0 Å². The zero-order chi connectivity index (χ0) is 16.5. The molecule has 0 bridgehead atoms. The Labute approximate surface area is 124 Å². The van der Waals surface area contributed by atoms with Gasteiger partial charge in [0.2, 0.25) is 10.0 Å². The van der Waals surface area contributed by atoms with Crippen LogP contribution in [0.5, 0.6) is 0 Å². The van der Waals surface area contributed by atoms with Crippen LogP contribution < -0.4 is 4.72 Å². The van der Waals surface area contributed by atoms with Gasteiger partial charge in [0.1, 0.15) is 16.5 Å². The topological polar surface area (TPSA) is 46.2 Å². The van der Waals surface area contributed by atoms with Gasteiger partial charge in [-0.1, -0.05) is 6.07 Å². The molecule has 2 aromatic rings. The lowest BCUT2D eigenvalue weighted by Gasteiger charge is -2.15. The number of halogens is 4. The van der Waals surface area contributed by atoms with Crippen LogP contribution in [0.25, 0.3) is 0 Å². The van der Waals surface area contributed by atoms with Gasteiger partial charge in [0.25, 0.3) is 0 Å². The van der Waals surface area contributed by atoms with E-state index < -0.39 is 44.2 Å². The summed E-state index contributed by atoms with van der Waals surface area (Å²) in [6.45, 7) is 1.38. The molecule has 1 unspecified atom stereocenters. The van der Waals surface area contributed by atoms with Crippen molar-refractivity contribution >= 4 is 10.0 Å². The molecule has 0 amide bonds. The Bertz CT molecular complexity index is 808. The van der Waals surface area contributed by atoms with Gasteiger partial charge in [0.15, 0.2) is 11.6 Å². The number of sulfonamides is 1. The van der Waals surface area contributed by atoms with E-state index in [9.17, 15) is 26.0 Å². The third kappa shape index (κ3) is 3.45. The van der Waals surface area contributed by atoms with Gasteiger partial charge < -0.3 is 0 Å². The first-order chi connectivity index (χ1) is 10.2. The number of hydrogen-bond acceptors (Lipinski definition) is 2. The van der Waals surface area contributed by atoms with Crippen molar-refractivity contribution in [1.29, 1.82) is 0 Å². The van der Waals surface area contributed by atoms with Crippen molar-refractivity contribution in [3.63, 3.8) is 0 Å². The smallest absolute Gasteiger partial charge is 0.207 e. The summed E-state index contributed by atoms with van der Waals surface area (Å²) < 4.78 is 78.6. The monoisotopic (exact) mass is 333 g/mol. The minimum Gasteiger partial charge on any atom is -0.207 e. The van der Waals surface area contributed by atoms with E-state index in [1.807, 2.05) is 0 Å². The molecule has 0 saturated carbocycles. The molecule has 0 radical (unpaired) electrons. The zero-order valence-corrected chi connectivity index (χ0v) is 12.1. The fourth-order valence-electron chi connectivity index (χ4n) is 1.84. The van der Waals surface area contributed by atoms with Crippen molar-refractivity contribution in [2.24, 2.45) is 0 Å². The van der Waals surface area contributed by atoms with E-state index in [-0.39, 0.29) is 5.56 Å². The molecular formula is C14H11F4NO2S. The summed E-state index contributed by atoms with van der Waals surface area (Å²) >= 11 is 0. The average Bonchev–Trinajstić information content (AvgIpc) is 2.40. The summed E-state index contributed by atoms with van der Waals surface area (Å²) in [5.74, 6) is -4.35. The molecule has 2 aromatic carbocycles. The first kappa shape index (κ1) is 16.4. The van der Waals surface area contributed by atoms with Crippen LogP contribution in [-0.2, 0) is 10.0 Å². The molecule has 22 heavy (non-hydrogen) atoms. The first-order valence-corrected chi connectivity index (χ1v) is 7.61. The Kier molecular flexibility index (Phi) is 4.52. The Morgan fingerprint density at radius 1 is 0.909 bits per heavy atom. The Morgan fingerprint density at radius 2 is 1.59 bits per heavy atom.